The summed E-state index contributed by atoms with van der Waals surface area (Å²) in [7, 11) is 3.80. The summed E-state index contributed by atoms with van der Waals surface area (Å²) in [6.45, 7) is 4.05. The lowest BCUT2D eigenvalue weighted by molar-refractivity contribution is 0.312. The molecule has 0 spiro atoms. The Morgan fingerprint density at radius 3 is 2.50 bits per heavy atom. The van der Waals surface area contributed by atoms with Crippen molar-refractivity contribution in [3.63, 3.8) is 0 Å². The molecule has 2 aromatic heterocycles. The van der Waals surface area contributed by atoms with Crippen molar-refractivity contribution in [2.45, 2.75) is 0 Å². The standard InChI is InChI=1S/C25H26FN7O/c1-31-13-15-32(16-14-31)20-7-8-21(22(17-20)34-2)29-25-28-10-9-23(30-25)33-12-11-27-24(33)18-3-5-19(26)6-4-18/h3-12,17H,13-16H2,1-2H3,(H,28,29,30). The van der Waals surface area contributed by atoms with E-state index in [0.29, 0.717) is 17.6 Å². The Kier molecular flexibility index (Phi) is 6.09. The number of hydrogen-bond acceptors (Lipinski definition) is 7. The lowest BCUT2D eigenvalue weighted by atomic mass is 10.2. The number of ether oxygens (including phenoxy) is 1. The first-order valence-corrected chi connectivity index (χ1v) is 11.1. The van der Waals surface area contributed by atoms with E-state index in [0.717, 1.165) is 48.9 Å². The van der Waals surface area contributed by atoms with Gasteiger partial charge in [-0.2, -0.15) is 4.98 Å². The topological polar surface area (TPSA) is 71.3 Å². The van der Waals surface area contributed by atoms with Crippen LogP contribution in [0.3, 0.4) is 0 Å². The summed E-state index contributed by atoms with van der Waals surface area (Å²) in [4.78, 5) is 18.2. The Morgan fingerprint density at radius 1 is 0.941 bits per heavy atom. The summed E-state index contributed by atoms with van der Waals surface area (Å²) in [6, 6.07) is 14.1. The van der Waals surface area contributed by atoms with Gasteiger partial charge in [-0.3, -0.25) is 4.57 Å². The summed E-state index contributed by atoms with van der Waals surface area (Å²) in [5.41, 5.74) is 2.70. The van der Waals surface area contributed by atoms with Crippen molar-refractivity contribution in [3.8, 4) is 23.0 Å². The highest BCUT2D eigenvalue weighted by Gasteiger charge is 2.17. The molecule has 9 heteroatoms. The molecule has 1 N–H and O–H groups in total. The minimum atomic E-state index is -0.289. The molecule has 8 nitrogen and oxygen atoms in total. The van der Waals surface area contributed by atoms with Crippen molar-refractivity contribution in [1.29, 1.82) is 0 Å². The number of hydrogen-bond donors (Lipinski definition) is 1. The number of nitrogens with zero attached hydrogens (tertiary/aromatic N) is 6. The van der Waals surface area contributed by atoms with E-state index in [1.165, 1.54) is 12.1 Å². The predicted molar refractivity (Wildman–Crippen MR) is 131 cm³/mol. The normalized spacial score (nSPS) is 14.3. The van der Waals surface area contributed by atoms with E-state index in [1.54, 1.807) is 37.7 Å². The van der Waals surface area contributed by atoms with Gasteiger partial charge in [-0.1, -0.05) is 0 Å². The number of imidazole rings is 1. The van der Waals surface area contributed by atoms with E-state index in [9.17, 15) is 4.39 Å². The Balaban J connectivity index is 1.39. The smallest absolute Gasteiger partial charge is 0.229 e. The summed E-state index contributed by atoms with van der Waals surface area (Å²) in [5, 5.41) is 3.27. The number of nitrogens with one attached hydrogen (secondary N) is 1. The fraction of sp³-hybridized carbons (Fsp3) is 0.240. The molecule has 174 valence electrons. The second-order valence-corrected chi connectivity index (χ2v) is 8.17. The van der Waals surface area contributed by atoms with Gasteiger partial charge in [-0.15, -0.1) is 0 Å². The highest BCUT2D eigenvalue weighted by molar-refractivity contribution is 5.68. The maximum atomic E-state index is 13.3. The summed E-state index contributed by atoms with van der Waals surface area (Å²) < 4.78 is 20.8. The molecule has 0 radical (unpaired) electrons. The molecule has 34 heavy (non-hydrogen) atoms. The van der Waals surface area contributed by atoms with Gasteiger partial charge in [0.1, 0.15) is 23.2 Å². The maximum absolute atomic E-state index is 13.3. The zero-order chi connectivity index (χ0) is 23.5. The van der Waals surface area contributed by atoms with Crippen LogP contribution >= 0.6 is 0 Å². The number of anilines is 3. The van der Waals surface area contributed by atoms with E-state index in [4.69, 9.17) is 4.74 Å². The van der Waals surface area contributed by atoms with Crippen LogP contribution in [0.5, 0.6) is 5.75 Å². The number of rotatable bonds is 6. The van der Waals surface area contributed by atoms with Crippen LogP contribution in [0.1, 0.15) is 0 Å². The average Bonchev–Trinajstić information content (AvgIpc) is 3.35. The molecule has 1 aliphatic rings. The lowest BCUT2D eigenvalue weighted by Crippen LogP contribution is -2.44. The monoisotopic (exact) mass is 459 g/mol. The summed E-state index contributed by atoms with van der Waals surface area (Å²) >= 11 is 0. The Hall–Kier alpha value is -3.98. The molecule has 0 bridgehead atoms. The molecule has 1 aliphatic heterocycles. The fourth-order valence-corrected chi connectivity index (χ4v) is 4.01. The zero-order valence-electron chi connectivity index (χ0n) is 19.1. The molecular formula is C25H26FN7O. The van der Waals surface area contributed by atoms with Crippen molar-refractivity contribution >= 4 is 17.3 Å². The molecule has 2 aromatic carbocycles. The van der Waals surface area contributed by atoms with Gasteiger partial charge in [-0.25, -0.2) is 14.4 Å². The minimum absolute atomic E-state index is 0.289. The molecule has 4 aromatic rings. The van der Waals surface area contributed by atoms with Crippen LogP contribution in [-0.4, -0.2) is 64.8 Å². The molecule has 5 rings (SSSR count). The second kappa shape index (κ2) is 9.48. The molecule has 0 atom stereocenters. The average molecular weight is 460 g/mol. The van der Waals surface area contributed by atoms with Crippen LogP contribution in [-0.2, 0) is 0 Å². The van der Waals surface area contributed by atoms with Crippen LogP contribution in [0, 0.1) is 5.82 Å². The van der Waals surface area contributed by atoms with Crippen LogP contribution < -0.4 is 15.0 Å². The number of halogens is 1. The first-order chi connectivity index (χ1) is 16.6. The number of likely N-dealkylation sites (N-methyl/N-ethyl adjacent to an activating group) is 1. The fourth-order valence-electron chi connectivity index (χ4n) is 4.01. The van der Waals surface area contributed by atoms with E-state index in [-0.39, 0.29) is 5.82 Å². The molecule has 3 heterocycles. The molecule has 1 saturated heterocycles. The van der Waals surface area contributed by atoms with Crippen molar-refractivity contribution in [2.75, 3.05) is 50.6 Å². The van der Waals surface area contributed by atoms with Gasteiger partial charge in [0.05, 0.1) is 12.8 Å². The van der Waals surface area contributed by atoms with Crippen molar-refractivity contribution in [2.24, 2.45) is 0 Å². The lowest BCUT2D eigenvalue weighted by Gasteiger charge is -2.34. The molecule has 1 fully saturated rings. The molecule has 0 amide bonds. The molecule has 0 saturated carbocycles. The quantitative estimate of drug-likeness (QED) is 0.468. The van der Waals surface area contributed by atoms with Gasteiger partial charge in [0.25, 0.3) is 0 Å². The third-order valence-electron chi connectivity index (χ3n) is 5.93. The van der Waals surface area contributed by atoms with Crippen LogP contribution in [0.25, 0.3) is 17.2 Å². The minimum Gasteiger partial charge on any atom is -0.494 e. The van der Waals surface area contributed by atoms with Crippen molar-refractivity contribution in [1.82, 2.24) is 24.4 Å². The third-order valence-corrected chi connectivity index (χ3v) is 5.93. The highest BCUT2D eigenvalue weighted by Crippen LogP contribution is 2.32. The van der Waals surface area contributed by atoms with Crippen LogP contribution in [0.2, 0.25) is 0 Å². The first-order valence-electron chi connectivity index (χ1n) is 11.1. The summed E-state index contributed by atoms with van der Waals surface area (Å²) in [6.07, 6.45) is 5.19. The second-order valence-electron chi connectivity index (χ2n) is 8.17. The van der Waals surface area contributed by atoms with Crippen LogP contribution in [0.4, 0.5) is 21.7 Å². The van der Waals surface area contributed by atoms with E-state index >= 15 is 0 Å². The van der Waals surface area contributed by atoms with Crippen LogP contribution in [0.15, 0.2) is 67.1 Å². The molecular weight excluding hydrogens is 433 g/mol. The Labute approximate surface area is 197 Å². The summed E-state index contributed by atoms with van der Waals surface area (Å²) in [5.74, 6) is 2.17. The molecule has 0 aliphatic carbocycles. The van der Waals surface area contributed by atoms with E-state index < -0.39 is 0 Å². The predicted octanol–water partition coefficient (Wildman–Crippen LogP) is 3.97. The Morgan fingerprint density at radius 2 is 1.74 bits per heavy atom. The number of aromatic nitrogens is 4. The largest absolute Gasteiger partial charge is 0.494 e. The van der Waals surface area contributed by atoms with Gasteiger partial charge in [0.2, 0.25) is 5.95 Å². The maximum Gasteiger partial charge on any atom is 0.229 e. The van der Waals surface area contributed by atoms with Crippen molar-refractivity contribution in [3.05, 3.63) is 72.9 Å². The SMILES string of the molecule is COc1cc(N2CCN(C)CC2)ccc1Nc1nccc(-n2ccnc2-c2ccc(F)cc2)n1. The first kappa shape index (κ1) is 21.8. The number of benzene rings is 2. The third kappa shape index (κ3) is 4.55. The Bertz CT molecular complexity index is 1270. The highest BCUT2D eigenvalue weighted by atomic mass is 19.1. The van der Waals surface area contributed by atoms with Gasteiger partial charge in [0.15, 0.2) is 0 Å². The molecule has 0 unspecified atom stereocenters. The number of piperazine rings is 1. The van der Waals surface area contributed by atoms with E-state index in [1.807, 2.05) is 22.9 Å². The zero-order valence-corrected chi connectivity index (χ0v) is 19.1. The van der Waals surface area contributed by atoms with Gasteiger partial charge in [-0.05, 0) is 49.5 Å². The van der Waals surface area contributed by atoms with E-state index in [2.05, 4.69) is 43.2 Å². The number of methoxy groups -OCH3 is 1. The van der Waals surface area contributed by atoms with Gasteiger partial charge >= 0.3 is 0 Å². The van der Waals surface area contributed by atoms with Crippen molar-refractivity contribution < 1.29 is 9.13 Å². The van der Waals surface area contributed by atoms with Gasteiger partial charge in [0, 0.05) is 62.1 Å². The van der Waals surface area contributed by atoms with Gasteiger partial charge < -0.3 is 19.9 Å².